The summed E-state index contributed by atoms with van der Waals surface area (Å²) in [5.74, 6) is 2.79. The monoisotopic (exact) mass is 474 g/mol. The molecule has 2 aromatic carbocycles. The first-order valence-electron chi connectivity index (χ1n) is 10.3. The van der Waals surface area contributed by atoms with Crippen LogP contribution in [0.3, 0.4) is 0 Å². The maximum atomic E-state index is 12.6. The molecule has 0 spiro atoms. The molecule has 0 N–H and O–H groups in total. The van der Waals surface area contributed by atoms with E-state index in [1.165, 1.54) is 11.1 Å². The van der Waals surface area contributed by atoms with Gasteiger partial charge in [-0.2, -0.15) is 0 Å². The lowest BCUT2D eigenvalue weighted by atomic mass is 10.0. The third-order valence-electron chi connectivity index (χ3n) is 5.54. The van der Waals surface area contributed by atoms with E-state index in [2.05, 4.69) is 46.8 Å². The van der Waals surface area contributed by atoms with Gasteiger partial charge in [-0.3, -0.25) is 9.69 Å². The van der Waals surface area contributed by atoms with E-state index in [9.17, 15) is 4.79 Å². The SMILES string of the molecule is CC(C)c1ccc(OCC(=O)N2CCN(Cc3ccc4c(c3)OCO4)CC2)c(Br)c1. The van der Waals surface area contributed by atoms with Crippen LogP contribution in [0, 0.1) is 0 Å². The van der Waals surface area contributed by atoms with Crippen molar-refractivity contribution in [3.8, 4) is 17.2 Å². The lowest BCUT2D eigenvalue weighted by molar-refractivity contribution is -0.135. The van der Waals surface area contributed by atoms with E-state index >= 15 is 0 Å². The van der Waals surface area contributed by atoms with E-state index in [0.29, 0.717) is 31.5 Å². The average Bonchev–Trinajstić information content (AvgIpc) is 3.21. The maximum Gasteiger partial charge on any atom is 0.260 e. The quantitative estimate of drug-likeness (QED) is 0.632. The molecular formula is C23H27BrN2O4. The fraction of sp³-hybridized carbons (Fsp3) is 0.435. The summed E-state index contributed by atoms with van der Waals surface area (Å²) in [4.78, 5) is 16.8. The molecule has 2 aliphatic rings. The zero-order valence-electron chi connectivity index (χ0n) is 17.4. The van der Waals surface area contributed by atoms with Crippen LogP contribution in [0.1, 0.15) is 30.9 Å². The number of carbonyl (C=O) groups is 1. The van der Waals surface area contributed by atoms with Crippen molar-refractivity contribution in [1.29, 1.82) is 0 Å². The Bertz CT molecular complexity index is 910. The summed E-state index contributed by atoms with van der Waals surface area (Å²) in [5.41, 5.74) is 2.43. The van der Waals surface area contributed by atoms with Crippen LogP contribution in [0.25, 0.3) is 0 Å². The first-order valence-corrected chi connectivity index (χ1v) is 11.1. The molecule has 1 saturated heterocycles. The third kappa shape index (κ3) is 4.90. The van der Waals surface area contributed by atoms with Gasteiger partial charge in [-0.15, -0.1) is 0 Å². The summed E-state index contributed by atoms with van der Waals surface area (Å²) < 4.78 is 17.5. The van der Waals surface area contributed by atoms with Crippen molar-refractivity contribution >= 4 is 21.8 Å². The first kappa shape index (κ1) is 21.0. The Morgan fingerprint density at radius 3 is 2.57 bits per heavy atom. The van der Waals surface area contributed by atoms with Gasteiger partial charge in [0.05, 0.1) is 4.47 Å². The predicted octanol–water partition coefficient (Wildman–Crippen LogP) is 4.02. The van der Waals surface area contributed by atoms with Crippen LogP contribution in [0.4, 0.5) is 0 Å². The number of nitrogens with zero attached hydrogens (tertiary/aromatic N) is 2. The number of carbonyl (C=O) groups excluding carboxylic acids is 1. The molecule has 4 rings (SSSR count). The van der Waals surface area contributed by atoms with Crippen LogP contribution in [0.15, 0.2) is 40.9 Å². The molecule has 0 radical (unpaired) electrons. The van der Waals surface area contributed by atoms with Crippen LogP contribution in [-0.2, 0) is 11.3 Å². The van der Waals surface area contributed by atoms with Crippen molar-refractivity contribution in [2.75, 3.05) is 39.6 Å². The highest BCUT2D eigenvalue weighted by Crippen LogP contribution is 2.33. The van der Waals surface area contributed by atoms with Crippen LogP contribution in [0.2, 0.25) is 0 Å². The van der Waals surface area contributed by atoms with Crippen LogP contribution in [-0.4, -0.2) is 55.3 Å². The highest BCUT2D eigenvalue weighted by Gasteiger charge is 2.22. The van der Waals surface area contributed by atoms with E-state index in [0.717, 1.165) is 35.6 Å². The summed E-state index contributed by atoms with van der Waals surface area (Å²) in [5, 5.41) is 0. The van der Waals surface area contributed by atoms with Gasteiger partial charge in [0.15, 0.2) is 18.1 Å². The van der Waals surface area contributed by atoms with Crippen molar-refractivity contribution in [2.45, 2.75) is 26.3 Å². The van der Waals surface area contributed by atoms with Crippen LogP contribution >= 0.6 is 15.9 Å². The second-order valence-electron chi connectivity index (χ2n) is 7.98. The minimum Gasteiger partial charge on any atom is -0.483 e. The molecule has 0 bridgehead atoms. The van der Waals surface area contributed by atoms with Crippen LogP contribution < -0.4 is 14.2 Å². The molecule has 0 atom stereocenters. The van der Waals surface area contributed by atoms with Crippen molar-refractivity contribution in [3.63, 3.8) is 0 Å². The number of piperazine rings is 1. The summed E-state index contributed by atoms with van der Waals surface area (Å²) >= 11 is 3.55. The molecule has 6 nitrogen and oxygen atoms in total. The van der Waals surface area contributed by atoms with Crippen molar-refractivity contribution in [2.24, 2.45) is 0 Å². The fourth-order valence-corrected chi connectivity index (χ4v) is 4.19. The molecule has 0 aromatic heterocycles. The van der Waals surface area contributed by atoms with Gasteiger partial charge in [0, 0.05) is 32.7 Å². The lowest BCUT2D eigenvalue weighted by Gasteiger charge is -2.34. The molecule has 2 heterocycles. The number of fused-ring (bicyclic) bond motifs is 1. The van der Waals surface area contributed by atoms with Crippen molar-refractivity contribution in [1.82, 2.24) is 9.80 Å². The summed E-state index contributed by atoms with van der Waals surface area (Å²) in [6.45, 7) is 8.59. The topological polar surface area (TPSA) is 51.2 Å². The number of hydrogen-bond acceptors (Lipinski definition) is 5. The Morgan fingerprint density at radius 1 is 1.07 bits per heavy atom. The summed E-state index contributed by atoms with van der Waals surface area (Å²) in [7, 11) is 0. The number of hydrogen-bond donors (Lipinski definition) is 0. The molecule has 2 aromatic rings. The lowest BCUT2D eigenvalue weighted by Crippen LogP contribution is -2.49. The third-order valence-corrected chi connectivity index (χ3v) is 6.16. The molecule has 160 valence electrons. The van der Waals surface area contributed by atoms with Gasteiger partial charge in [0.1, 0.15) is 5.75 Å². The van der Waals surface area contributed by atoms with Crippen LogP contribution in [0.5, 0.6) is 17.2 Å². The van der Waals surface area contributed by atoms with Gasteiger partial charge in [-0.1, -0.05) is 26.0 Å². The van der Waals surface area contributed by atoms with Gasteiger partial charge in [-0.25, -0.2) is 0 Å². The highest BCUT2D eigenvalue weighted by molar-refractivity contribution is 9.10. The van der Waals surface area contributed by atoms with Crippen molar-refractivity contribution < 1.29 is 19.0 Å². The minimum absolute atomic E-state index is 0.0255. The van der Waals surface area contributed by atoms with Gasteiger partial charge < -0.3 is 19.1 Å². The summed E-state index contributed by atoms with van der Waals surface area (Å²) in [6, 6.07) is 12.1. The van der Waals surface area contributed by atoms with E-state index in [1.54, 1.807) is 0 Å². The number of ether oxygens (including phenoxy) is 3. The van der Waals surface area contributed by atoms with Gasteiger partial charge in [-0.05, 0) is 57.2 Å². The van der Waals surface area contributed by atoms with Crippen molar-refractivity contribution in [3.05, 3.63) is 52.0 Å². The fourth-order valence-electron chi connectivity index (χ4n) is 3.68. The summed E-state index contributed by atoms with van der Waals surface area (Å²) in [6.07, 6.45) is 0. The zero-order chi connectivity index (χ0) is 21.1. The largest absolute Gasteiger partial charge is 0.483 e. The molecule has 7 heteroatoms. The van der Waals surface area contributed by atoms with E-state index in [-0.39, 0.29) is 12.5 Å². The molecule has 1 amide bonds. The zero-order valence-corrected chi connectivity index (χ0v) is 19.0. The Morgan fingerprint density at radius 2 is 1.83 bits per heavy atom. The predicted molar refractivity (Wildman–Crippen MR) is 118 cm³/mol. The molecular weight excluding hydrogens is 448 g/mol. The Kier molecular flexibility index (Phi) is 6.49. The molecule has 0 aliphatic carbocycles. The minimum atomic E-state index is 0.0255. The number of rotatable bonds is 6. The maximum absolute atomic E-state index is 12.6. The van der Waals surface area contributed by atoms with E-state index in [4.69, 9.17) is 14.2 Å². The normalized spacial score (nSPS) is 16.2. The van der Waals surface area contributed by atoms with E-state index in [1.807, 2.05) is 29.2 Å². The Hall–Kier alpha value is -2.25. The standard InChI is InChI=1S/C23H27BrN2O4/c1-16(2)18-4-6-20(19(24)12-18)28-14-23(27)26-9-7-25(8-10-26)13-17-3-5-21-22(11-17)30-15-29-21/h3-6,11-12,16H,7-10,13-15H2,1-2H3. The highest BCUT2D eigenvalue weighted by atomic mass is 79.9. The van der Waals surface area contributed by atoms with Gasteiger partial charge >= 0.3 is 0 Å². The molecule has 2 aliphatic heterocycles. The second kappa shape index (κ2) is 9.27. The Labute approximate surface area is 185 Å². The van der Waals surface area contributed by atoms with E-state index < -0.39 is 0 Å². The molecule has 1 fully saturated rings. The molecule has 0 unspecified atom stereocenters. The molecule has 0 saturated carbocycles. The number of benzene rings is 2. The number of halogens is 1. The average molecular weight is 475 g/mol. The first-order chi connectivity index (χ1) is 14.5. The Balaban J connectivity index is 1.24. The smallest absolute Gasteiger partial charge is 0.260 e. The van der Waals surface area contributed by atoms with Gasteiger partial charge in [0.2, 0.25) is 6.79 Å². The van der Waals surface area contributed by atoms with Gasteiger partial charge in [0.25, 0.3) is 5.91 Å². The second-order valence-corrected chi connectivity index (χ2v) is 8.83. The molecule has 30 heavy (non-hydrogen) atoms. The number of amides is 1.